The van der Waals surface area contributed by atoms with E-state index in [1.807, 2.05) is 90.1 Å². The van der Waals surface area contributed by atoms with Gasteiger partial charge in [-0.2, -0.15) is 0 Å². The van der Waals surface area contributed by atoms with Gasteiger partial charge in [0.05, 0.1) is 11.6 Å². The molecule has 17 nitrogen and oxygen atoms in total. The lowest BCUT2D eigenvalue weighted by Gasteiger charge is -2.37. The molecule has 1 unspecified atom stereocenters. The van der Waals surface area contributed by atoms with E-state index < -0.39 is 23.2 Å². The number of esters is 1. The number of carbonyl (C=O) groups excluding carboxylic acids is 2. The molecule has 0 aromatic heterocycles. The van der Waals surface area contributed by atoms with E-state index in [-0.39, 0.29) is 30.3 Å². The van der Waals surface area contributed by atoms with Crippen molar-refractivity contribution in [2.45, 2.75) is 134 Å². The van der Waals surface area contributed by atoms with Crippen molar-refractivity contribution in [3.8, 4) is 17.2 Å². The van der Waals surface area contributed by atoms with Crippen LogP contribution in [0.15, 0.2) is 133 Å². The average Bonchev–Trinajstić information content (AvgIpc) is 1.42. The van der Waals surface area contributed by atoms with Crippen LogP contribution in [-0.2, 0) is 36.9 Å². The first-order valence-electron chi connectivity index (χ1n) is 34.4. The number of benzene rings is 5. The highest BCUT2D eigenvalue weighted by Gasteiger charge is 2.54. The molecule has 514 valence electrons. The first-order chi connectivity index (χ1) is 45.2. The van der Waals surface area contributed by atoms with Gasteiger partial charge in [0.2, 0.25) is 0 Å². The Morgan fingerprint density at radius 1 is 0.532 bits per heavy atom. The van der Waals surface area contributed by atoms with Crippen LogP contribution in [0.4, 0.5) is 17.1 Å². The lowest BCUT2D eigenvalue weighted by atomic mass is 9.77. The van der Waals surface area contributed by atoms with Crippen LogP contribution in [0.2, 0.25) is 12.1 Å². The van der Waals surface area contributed by atoms with Crippen LogP contribution in [0.25, 0.3) is 5.57 Å². The summed E-state index contributed by atoms with van der Waals surface area (Å²) < 4.78 is 54.4. The van der Waals surface area contributed by atoms with E-state index in [4.69, 9.17) is 46.5 Å². The predicted octanol–water partition coefficient (Wildman–Crippen LogP) is 11.4. The maximum Gasteiger partial charge on any atom is 0.500 e. The number of nitrogens with one attached hydrogen (secondary N) is 1. The largest absolute Gasteiger partial charge is 1.00 e. The molecule has 5 aromatic rings. The third-order valence-corrected chi connectivity index (χ3v) is 23.6. The fourth-order valence-corrected chi connectivity index (χ4v) is 18.2. The van der Waals surface area contributed by atoms with Crippen LogP contribution in [0, 0.1) is 0 Å². The molecular weight excluding hydrogens is 1240 g/mol. The third kappa shape index (κ3) is 17.4. The summed E-state index contributed by atoms with van der Waals surface area (Å²) in [5, 5.41) is 3.17. The van der Waals surface area contributed by atoms with Crippen LogP contribution in [0.3, 0.4) is 0 Å². The van der Waals surface area contributed by atoms with Crippen molar-refractivity contribution in [1.29, 1.82) is 0 Å². The summed E-state index contributed by atoms with van der Waals surface area (Å²) in [6, 6.07) is 36.1. The van der Waals surface area contributed by atoms with Gasteiger partial charge >= 0.3 is 23.6 Å². The Labute approximate surface area is 570 Å². The number of ether oxygens (including phenoxy) is 3. The van der Waals surface area contributed by atoms with Crippen molar-refractivity contribution in [2.24, 2.45) is 5.73 Å². The number of hydrogen-bond donors (Lipinski definition) is 2. The molecule has 3 N–H and O–H groups in total. The summed E-state index contributed by atoms with van der Waals surface area (Å²) in [6.07, 6.45) is 8.21. The highest BCUT2D eigenvalue weighted by Crippen LogP contribution is 2.57. The maximum absolute atomic E-state index is 13.8. The zero-order valence-corrected chi connectivity index (χ0v) is 61.3. The van der Waals surface area contributed by atoms with Gasteiger partial charge in [0.1, 0.15) is 23.0 Å². The second kappa shape index (κ2) is 37.2. The Balaban J connectivity index is 0.000000253. The van der Waals surface area contributed by atoms with Gasteiger partial charge in [0, 0.05) is 172 Å². The SMILES string of the molecule is CCN(CC)c1ccc2c(c1)Oc1cc(N(CC)CC)ccc1C21OC(=O)c2ccccc21.CCO[Si](CCCN)(OCC)OCC.CCO[Si](CCCNC(=O)c1ccccc1C1=C2C=CC(N(CC)CC)C=C2Oc2cc(N(CC)CC)ccc21)(OCC)OCC.[Cl-]. The molecule has 1 spiro atoms. The van der Waals surface area contributed by atoms with Gasteiger partial charge in [-0.3, -0.25) is 9.69 Å². The Hall–Kier alpha value is -6.34. The molecule has 0 saturated heterocycles. The van der Waals surface area contributed by atoms with Gasteiger partial charge < -0.3 is 78.9 Å². The summed E-state index contributed by atoms with van der Waals surface area (Å²) in [5.74, 6) is 2.69. The van der Waals surface area contributed by atoms with Crippen LogP contribution >= 0.6 is 0 Å². The van der Waals surface area contributed by atoms with Crippen molar-refractivity contribution in [3.63, 3.8) is 0 Å². The number of hydrogen-bond acceptors (Lipinski definition) is 16. The lowest BCUT2D eigenvalue weighted by molar-refractivity contribution is -0.0000892. The minimum absolute atomic E-state index is 0. The van der Waals surface area contributed by atoms with Crippen LogP contribution in [-0.4, -0.2) is 146 Å². The molecular formula is C74H106ClN6O11Si2-. The number of anilines is 3. The second-order valence-electron chi connectivity index (χ2n) is 22.5. The van der Waals surface area contributed by atoms with Gasteiger partial charge in [-0.15, -0.1) is 0 Å². The van der Waals surface area contributed by atoms with Crippen molar-refractivity contribution < 1.29 is 62.8 Å². The van der Waals surface area contributed by atoms with E-state index in [0.717, 1.165) is 144 Å². The number of nitrogens with two attached hydrogens (primary N) is 1. The number of rotatable bonds is 33. The standard InChI is InChI=1S/C37H53N3O5Si.C28H30N2O3.C9H23NO3Si.ClH/c1-8-39(9-2)28-20-22-32-34(26-28)45-35-27-29(40(10-3)11-4)21-23-33(35)36(32)30-18-15-16-19-31(30)37(41)38-24-17-25-46(42-12-5,43-13-6)44-14-7;1-5-29(6-2)19-13-15-23-25(17-19)32-26-18-20(30(7-3)8-4)14-16-24(26)28(23)22-12-10-9-11-21(22)27(31)33-28;1-4-11-14(12-5-2,13-6-3)9-7-8-10;/h15-16,18-23,26-28H,8-14,17,24-25H2,1-7H3,(H,38,41);9-18H,5-8H2,1-4H3;4-10H2,1-3H3;1H/p-1. The topological polar surface area (TPSA) is 168 Å². The maximum atomic E-state index is 13.8. The molecule has 20 heteroatoms. The molecule has 0 radical (unpaired) electrons. The van der Waals surface area contributed by atoms with E-state index in [1.54, 1.807) is 0 Å². The fourth-order valence-electron chi connectivity index (χ4n) is 12.9. The molecule has 1 atom stereocenters. The zero-order valence-electron chi connectivity index (χ0n) is 58.5. The molecule has 1 amide bonds. The number of carbonyl (C=O) groups is 2. The summed E-state index contributed by atoms with van der Waals surface area (Å²) in [5.41, 5.74) is 15.5. The quantitative estimate of drug-likeness (QED) is 0.0231. The zero-order chi connectivity index (χ0) is 67.1. The van der Waals surface area contributed by atoms with E-state index >= 15 is 0 Å². The smallest absolute Gasteiger partial charge is 0.500 e. The molecule has 3 aliphatic heterocycles. The summed E-state index contributed by atoms with van der Waals surface area (Å²) in [7, 11) is -5.17. The Bertz CT molecular complexity index is 3240. The van der Waals surface area contributed by atoms with Gasteiger partial charge in [0.15, 0.2) is 5.60 Å². The lowest BCUT2D eigenvalue weighted by Crippen LogP contribution is -3.00. The number of fused-ring (bicyclic) bond motifs is 8. The molecule has 0 saturated carbocycles. The fraction of sp³-hybridized carbons (Fsp3) is 0.486. The van der Waals surface area contributed by atoms with Crippen molar-refractivity contribution in [1.82, 2.24) is 10.2 Å². The van der Waals surface area contributed by atoms with Gasteiger partial charge in [-0.05, 0) is 176 Å². The van der Waals surface area contributed by atoms with Crippen LogP contribution < -0.4 is 47.6 Å². The van der Waals surface area contributed by atoms with Gasteiger partial charge in [-0.25, -0.2) is 4.79 Å². The molecule has 0 fully saturated rings. The number of nitrogens with zero attached hydrogens (tertiary/aromatic N) is 4. The average molecular weight is 1350 g/mol. The van der Waals surface area contributed by atoms with E-state index in [1.165, 1.54) is 0 Å². The molecule has 94 heavy (non-hydrogen) atoms. The van der Waals surface area contributed by atoms with Crippen LogP contribution in [0.5, 0.6) is 17.2 Å². The summed E-state index contributed by atoms with van der Waals surface area (Å²) >= 11 is 0. The molecule has 5 aromatic carbocycles. The van der Waals surface area contributed by atoms with Crippen molar-refractivity contribution >= 4 is 52.1 Å². The monoisotopic (exact) mass is 1350 g/mol. The summed E-state index contributed by atoms with van der Waals surface area (Å²) in [4.78, 5) is 36.1. The number of halogens is 1. The molecule has 1 aliphatic carbocycles. The third-order valence-electron chi connectivity index (χ3n) is 17.3. The number of amides is 1. The first kappa shape index (κ1) is 76.7. The van der Waals surface area contributed by atoms with Crippen LogP contribution in [0.1, 0.15) is 158 Å². The normalized spacial score (nSPS) is 14.7. The Kier molecular flexibility index (Phi) is 30.4. The van der Waals surface area contributed by atoms with Crippen molar-refractivity contribution in [2.75, 3.05) is 120 Å². The predicted molar refractivity (Wildman–Crippen MR) is 380 cm³/mol. The summed E-state index contributed by atoms with van der Waals surface area (Å²) in [6.45, 7) is 41.0. The van der Waals surface area contributed by atoms with Gasteiger partial charge in [0.25, 0.3) is 5.91 Å². The van der Waals surface area contributed by atoms with E-state index in [9.17, 15) is 9.59 Å². The minimum atomic E-state index is -2.78. The first-order valence-corrected chi connectivity index (χ1v) is 38.2. The van der Waals surface area contributed by atoms with E-state index in [0.29, 0.717) is 76.3 Å². The second-order valence-corrected chi connectivity index (χ2v) is 28.0. The highest BCUT2D eigenvalue weighted by atomic mass is 35.5. The highest BCUT2D eigenvalue weighted by molar-refractivity contribution is 6.61. The molecule has 3 heterocycles. The molecule has 9 rings (SSSR count). The molecule has 0 bridgehead atoms. The minimum Gasteiger partial charge on any atom is -1.00 e. The van der Waals surface area contributed by atoms with Crippen molar-refractivity contribution in [3.05, 3.63) is 172 Å². The molecule has 4 aliphatic rings. The van der Waals surface area contributed by atoms with Gasteiger partial charge in [-0.1, -0.05) is 62.4 Å². The number of likely N-dealkylation sites (N-methyl/N-ethyl adjacent to an activating group) is 1. The number of allylic oxidation sites excluding steroid dienone is 1. The van der Waals surface area contributed by atoms with E-state index in [2.05, 4.69) is 153 Å². The Morgan fingerprint density at radius 2 is 0.989 bits per heavy atom. The Morgan fingerprint density at radius 3 is 1.47 bits per heavy atom.